The molecular weight excluding hydrogens is 425 g/mol. The monoisotopic (exact) mass is 445 g/mol. The van der Waals surface area contributed by atoms with Gasteiger partial charge in [-0.15, -0.1) is 0 Å². The zero-order valence-electron chi connectivity index (χ0n) is 13.6. The Morgan fingerprint density at radius 2 is 1.92 bits per heavy atom. The molecule has 1 aliphatic rings. The molecule has 2 amide bonds. The van der Waals surface area contributed by atoms with Crippen LogP contribution in [0.25, 0.3) is 0 Å². The number of hydrogen-bond donors (Lipinski definition) is 1. The van der Waals surface area contributed by atoms with Gasteiger partial charge in [0, 0.05) is 28.8 Å². The summed E-state index contributed by atoms with van der Waals surface area (Å²) in [7, 11) is 0. The van der Waals surface area contributed by atoms with Crippen molar-refractivity contribution in [3.8, 4) is 0 Å². The Hall–Kier alpha value is -1.71. The molecule has 7 nitrogen and oxygen atoms in total. The molecule has 8 heteroatoms. The van der Waals surface area contributed by atoms with Crippen LogP contribution in [0.3, 0.4) is 0 Å². The molecule has 1 saturated heterocycles. The number of hydrogen-bond acceptors (Lipinski definition) is 4. The van der Waals surface area contributed by atoms with Crippen LogP contribution < -0.4 is 5.32 Å². The number of carbonyl (C=O) groups is 2. The summed E-state index contributed by atoms with van der Waals surface area (Å²) >= 11 is 1.96. The van der Waals surface area contributed by atoms with Crippen LogP contribution in [0.4, 0.5) is 5.69 Å². The highest BCUT2D eigenvalue weighted by atomic mass is 127. The number of rotatable bonds is 5. The summed E-state index contributed by atoms with van der Waals surface area (Å²) in [5.74, 6) is -0.621. The van der Waals surface area contributed by atoms with Gasteiger partial charge in [0.15, 0.2) is 0 Å². The first-order valence-corrected chi connectivity index (χ1v) is 8.92. The molecule has 0 unspecified atom stereocenters. The predicted octanol–water partition coefficient (Wildman–Crippen LogP) is 2.58. The van der Waals surface area contributed by atoms with Crippen molar-refractivity contribution < 1.29 is 14.5 Å². The summed E-state index contributed by atoms with van der Waals surface area (Å²) in [5, 5.41) is 13.7. The summed E-state index contributed by atoms with van der Waals surface area (Å²) in [6.07, 6.45) is 1.96. The van der Waals surface area contributed by atoms with Gasteiger partial charge in [0.25, 0.3) is 11.6 Å². The standard InChI is InChI=1S/C16H20IN3O4/c1-10(2)14(16(22)19-7-3-4-8-19)18-15(21)12-9-11(20(23)24)5-6-13(12)17/h5-6,9-10,14H,3-4,7-8H2,1-2H3,(H,18,21)/t14-/m0/s1. The summed E-state index contributed by atoms with van der Waals surface area (Å²) in [6, 6.07) is 3.49. The smallest absolute Gasteiger partial charge is 0.270 e. The molecule has 24 heavy (non-hydrogen) atoms. The first kappa shape index (κ1) is 18.6. The third-order valence-corrected chi connectivity index (χ3v) is 4.98. The molecule has 1 aliphatic heterocycles. The number of carbonyl (C=O) groups excluding carboxylic acids is 2. The van der Waals surface area contributed by atoms with Crippen molar-refractivity contribution in [1.29, 1.82) is 0 Å². The molecule has 0 spiro atoms. The maximum atomic E-state index is 12.6. The van der Waals surface area contributed by atoms with Gasteiger partial charge in [0.05, 0.1) is 10.5 Å². The summed E-state index contributed by atoms with van der Waals surface area (Å²) in [5.41, 5.74) is 0.0669. The molecular formula is C16H20IN3O4. The van der Waals surface area contributed by atoms with E-state index in [9.17, 15) is 19.7 Å². The number of amides is 2. The van der Waals surface area contributed by atoms with E-state index in [4.69, 9.17) is 0 Å². The molecule has 1 atom stereocenters. The van der Waals surface area contributed by atoms with E-state index >= 15 is 0 Å². The Labute approximate surface area is 154 Å². The van der Waals surface area contributed by atoms with Crippen LogP contribution in [0.15, 0.2) is 18.2 Å². The molecule has 0 aromatic heterocycles. The van der Waals surface area contributed by atoms with E-state index in [-0.39, 0.29) is 23.1 Å². The molecule has 1 aromatic carbocycles. The van der Waals surface area contributed by atoms with E-state index in [2.05, 4.69) is 5.32 Å². The lowest BCUT2D eigenvalue weighted by atomic mass is 10.0. The second kappa shape index (κ2) is 7.91. The zero-order chi connectivity index (χ0) is 17.9. The lowest BCUT2D eigenvalue weighted by Crippen LogP contribution is -2.50. The Balaban J connectivity index is 2.20. The van der Waals surface area contributed by atoms with Crippen molar-refractivity contribution >= 4 is 40.1 Å². The van der Waals surface area contributed by atoms with E-state index in [1.54, 1.807) is 4.90 Å². The lowest BCUT2D eigenvalue weighted by molar-refractivity contribution is -0.384. The van der Waals surface area contributed by atoms with Crippen molar-refractivity contribution in [2.45, 2.75) is 32.7 Å². The first-order valence-electron chi connectivity index (χ1n) is 7.85. The predicted molar refractivity (Wildman–Crippen MR) is 97.7 cm³/mol. The molecule has 1 N–H and O–H groups in total. The van der Waals surface area contributed by atoms with Gasteiger partial charge in [0.2, 0.25) is 5.91 Å². The number of nitro groups is 1. The third-order valence-electron chi connectivity index (χ3n) is 4.04. The molecule has 0 radical (unpaired) electrons. The van der Waals surface area contributed by atoms with Gasteiger partial charge in [-0.05, 0) is 47.4 Å². The minimum absolute atomic E-state index is 0.0709. The fourth-order valence-electron chi connectivity index (χ4n) is 2.67. The summed E-state index contributed by atoms with van der Waals surface area (Å²) < 4.78 is 0.604. The van der Waals surface area contributed by atoms with Crippen LogP contribution in [0.2, 0.25) is 0 Å². The van der Waals surface area contributed by atoms with E-state index < -0.39 is 16.9 Å². The fourth-order valence-corrected chi connectivity index (χ4v) is 3.25. The van der Waals surface area contributed by atoms with Gasteiger partial charge in [0.1, 0.15) is 6.04 Å². The highest BCUT2D eigenvalue weighted by Gasteiger charge is 2.31. The van der Waals surface area contributed by atoms with Gasteiger partial charge >= 0.3 is 0 Å². The van der Waals surface area contributed by atoms with Gasteiger partial charge in [-0.25, -0.2) is 0 Å². The molecule has 1 aromatic rings. The first-order chi connectivity index (χ1) is 11.3. The van der Waals surface area contributed by atoms with Crippen LogP contribution >= 0.6 is 22.6 Å². The van der Waals surface area contributed by atoms with Crippen LogP contribution in [-0.2, 0) is 4.79 Å². The minimum Gasteiger partial charge on any atom is -0.341 e. The Morgan fingerprint density at radius 1 is 1.29 bits per heavy atom. The van der Waals surface area contributed by atoms with Gasteiger partial charge in [-0.2, -0.15) is 0 Å². The van der Waals surface area contributed by atoms with Crippen LogP contribution in [0, 0.1) is 19.6 Å². The second-order valence-corrected chi connectivity index (χ2v) is 7.31. The van der Waals surface area contributed by atoms with Gasteiger partial charge in [-0.3, -0.25) is 19.7 Å². The van der Waals surface area contributed by atoms with Crippen LogP contribution in [0.5, 0.6) is 0 Å². The fraction of sp³-hybridized carbons (Fsp3) is 0.500. The van der Waals surface area contributed by atoms with E-state index in [0.717, 1.165) is 12.8 Å². The molecule has 1 fully saturated rings. The van der Waals surface area contributed by atoms with Crippen LogP contribution in [0.1, 0.15) is 37.0 Å². The largest absolute Gasteiger partial charge is 0.341 e. The van der Waals surface area contributed by atoms with Crippen molar-refractivity contribution in [3.05, 3.63) is 37.4 Å². The quantitative estimate of drug-likeness (QED) is 0.429. The highest BCUT2D eigenvalue weighted by Crippen LogP contribution is 2.20. The summed E-state index contributed by atoms with van der Waals surface area (Å²) in [6.45, 7) is 5.17. The second-order valence-electron chi connectivity index (χ2n) is 6.15. The molecule has 0 bridgehead atoms. The van der Waals surface area contributed by atoms with Crippen molar-refractivity contribution in [2.75, 3.05) is 13.1 Å². The molecule has 0 saturated carbocycles. The lowest BCUT2D eigenvalue weighted by Gasteiger charge is -2.26. The van der Waals surface area contributed by atoms with Crippen LogP contribution in [-0.4, -0.2) is 40.8 Å². The van der Waals surface area contributed by atoms with Crippen molar-refractivity contribution in [3.63, 3.8) is 0 Å². The van der Waals surface area contributed by atoms with E-state index in [0.29, 0.717) is 16.7 Å². The third kappa shape index (κ3) is 4.22. The number of benzene rings is 1. The normalized spacial score (nSPS) is 15.4. The number of nitrogens with zero attached hydrogens (tertiary/aromatic N) is 2. The summed E-state index contributed by atoms with van der Waals surface area (Å²) in [4.78, 5) is 37.3. The Morgan fingerprint density at radius 3 is 2.46 bits per heavy atom. The van der Waals surface area contributed by atoms with E-state index in [1.165, 1.54) is 18.2 Å². The SMILES string of the molecule is CC(C)[C@H](NC(=O)c1cc([N+](=O)[O-])ccc1I)C(=O)N1CCCC1. The molecule has 130 valence electrons. The van der Waals surface area contributed by atoms with E-state index in [1.807, 2.05) is 36.4 Å². The van der Waals surface area contributed by atoms with Gasteiger partial charge < -0.3 is 10.2 Å². The number of non-ortho nitro benzene ring substituents is 1. The number of halogens is 1. The topological polar surface area (TPSA) is 92.5 Å². The van der Waals surface area contributed by atoms with Crippen molar-refractivity contribution in [2.24, 2.45) is 5.92 Å². The Bertz CT molecular complexity index is 657. The maximum Gasteiger partial charge on any atom is 0.270 e. The van der Waals surface area contributed by atoms with Gasteiger partial charge in [-0.1, -0.05) is 13.8 Å². The average molecular weight is 445 g/mol. The molecule has 2 rings (SSSR count). The number of likely N-dealkylation sites (tertiary alicyclic amines) is 1. The van der Waals surface area contributed by atoms with Crippen molar-refractivity contribution in [1.82, 2.24) is 10.2 Å². The number of nitro benzene ring substituents is 1. The Kier molecular flexibility index (Phi) is 6.14. The number of nitrogens with one attached hydrogen (secondary N) is 1. The minimum atomic E-state index is -0.634. The average Bonchev–Trinajstić information content (AvgIpc) is 3.06. The highest BCUT2D eigenvalue weighted by molar-refractivity contribution is 14.1. The maximum absolute atomic E-state index is 12.6. The molecule has 1 heterocycles. The molecule has 0 aliphatic carbocycles. The zero-order valence-corrected chi connectivity index (χ0v) is 15.8.